The van der Waals surface area contributed by atoms with Crippen LogP contribution in [0.1, 0.15) is 44.9 Å². The molecule has 3 rings (SSSR count). The van der Waals surface area contributed by atoms with E-state index in [2.05, 4.69) is 35.6 Å². The molecule has 3 unspecified atom stereocenters. The van der Waals surface area contributed by atoms with Gasteiger partial charge in [0.1, 0.15) is 0 Å². The first kappa shape index (κ1) is 14.5. The Kier molecular flexibility index (Phi) is 5.43. The van der Waals surface area contributed by atoms with Gasteiger partial charge < -0.3 is 5.32 Å². The maximum Gasteiger partial charge on any atom is 0.0106 e. The minimum atomic E-state index is 0.797. The Balaban J connectivity index is 1.35. The van der Waals surface area contributed by atoms with E-state index in [9.17, 15) is 0 Å². The quantitative estimate of drug-likeness (QED) is 0.621. The van der Waals surface area contributed by atoms with Crippen LogP contribution in [0.5, 0.6) is 0 Å². The van der Waals surface area contributed by atoms with Gasteiger partial charge in [-0.25, -0.2) is 0 Å². The van der Waals surface area contributed by atoms with Gasteiger partial charge in [0.15, 0.2) is 0 Å². The second-order valence-corrected chi connectivity index (χ2v) is 7.60. The Morgan fingerprint density at radius 3 is 2.60 bits per heavy atom. The molecule has 2 fully saturated rings. The third-order valence-corrected chi connectivity index (χ3v) is 6.10. The van der Waals surface area contributed by atoms with Crippen LogP contribution < -0.4 is 5.32 Å². The second-order valence-electron chi connectivity index (χ2n) is 6.43. The Hall–Kier alpha value is -0.470. The molecule has 3 atom stereocenters. The van der Waals surface area contributed by atoms with Gasteiger partial charge in [-0.3, -0.25) is 0 Å². The highest BCUT2D eigenvalue weighted by atomic mass is 32.2. The van der Waals surface area contributed by atoms with Crippen molar-refractivity contribution in [2.45, 2.75) is 55.9 Å². The van der Waals surface area contributed by atoms with Crippen LogP contribution in [0.2, 0.25) is 0 Å². The highest BCUT2D eigenvalue weighted by Gasteiger charge is 2.31. The minimum absolute atomic E-state index is 0.797. The summed E-state index contributed by atoms with van der Waals surface area (Å²) in [4.78, 5) is 1.39. The van der Waals surface area contributed by atoms with Crippen LogP contribution in [0.15, 0.2) is 35.2 Å². The molecule has 0 heterocycles. The van der Waals surface area contributed by atoms with Crippen molar-refractivity contribution in [3.63, 3.8) is 0 Å². The highest BCUT2D eigenvalue weighted by molar-refractivity contribution is 7.99. The van der Waals surface area contributed by atoms with E-state index in [-0.39, 0.29) is 0 Å². The standard InChI is InChI=1S/C18H27NS/c1-2-8-18(9-3-1)20-13-12-19-17-11-10-15-6-4-5-7-16(15)14-17/h1-3,8-9,15-17,19H,4-7,10-14H2. The van der Waals surface area contributed by atoms with Crippen molar-refractivity contribution < 1.29 is 0 Å². The summed E-state index contributed by atoms with van der Waals surface area (Å²) < 4.78 is 0. The van der Waals surface area contributed by atoms with Gasteiger partial charge in [-0.05, 0) is 43.2 Å². The number of benzene rings is 1. The lowest BCUT2D eigenvalue weighted by Gasteiger charge is -2.39. The molecule has 2 aliphatic rings. The molecule has 110 valence electrons. The van der Waals surface area contributed by atoms with Crippen molar-refractivity contribution in [3.8, 4) is 0 Å². The molecule has 2 aliphatic carbocycles. The zero-order valence-corrected chi connectivity index (χ0v) is 13.2. The van der Waals surface area contributed by atoms with Crippen LogP contribution in [0.4, 0.5) is 0 Å². The van der Waals surface area contributed by atoms with Crippen LogP contribution in [0.3, 0.4) is 0 Å². The lowest BCUT2D eigenvalue weighted by molar-refractivity contribution is 0.145. The van der Waals surface area contributed by atoms with Crippen molar-refractivity contribution in [1.29, 1.82) is 0 Å². The molecule has 2 heteroatoms. The molecule has 0 saturated heterocycles. The molecule has 0 amide bonds. The molecule has 0 spiro atoms. The highest BCUT2D eigenvalue weighted by Crippen LogP contribution is 2.40. The molecular weight excluding hydrogens is 262 g/mol. The van der Waals surface area contributed by atoms with Gasteiger partial charge in [-0.2, -0.15) is 0 Å². The van der Waals surface area contributed by atoms with Gasteiger partial charge in [-0.1, -0.05) is 43.9 Å². The molecule has 1 aromatic rings. The van der Waals surface area contributed by atoms with Gasteiger partial charge >= 0.3 is 0 Å². The predicted octanol–water partition coefficient (Wildman–Crippen LogP) is 4.73. The largest absolute Gasteiger partial charge is 0.313 e. The summed E-state index contributed by atoms with van der Waals surface area (Å²) in [7, 11) is 0. The lowest BCUT2D eigenvalue weighted by atomic mass is 9.69. The lowest BCUT2D eigenvalue weighted by Crippen LogP contribution is -2.39. The van der Waals surface area contributed by atoms with Crippen molar-refractivity contribution in [1.82, 2.24) is 5.32 Å². The Labute approximate surface area is 127 Å². The monoisotopic (exact) mass is 289 g/mol. The predicted molar refractivity (Wildman–Crippen MR) is 88.3 cm³/mol. The fourth-order valence-electron chi connectivity index (χ4n) is 4.01. The smallest absolute Gasteiger partial charge is 0.0106 e. The molecule has 20 heavy (non-hydrogen) atoms. The maximum atomic E-state index is 3.80. The third kappa shape index (κ3) is 4.02. The van der Waals surface area contributed by atoms with Crippen LogP contribution in [0, 0.1) is 11.8 Å². The first-order valence-corrected chi connectivity index (χ1v) is 9.31. The Morgan fingerprint density at radius 1 is 0.950 bits per heavy atom. The summed E-state index contributed by atoms with van der Waals surface area (Å²) in [5.41, 5.74) is 0. The van der Waals surface area contributed by atoms with Gasteiger partial charge in [-0.15, -0.1) is 11.8 Å². The summed E-state index contributed by atoms with van der Waals surface area (Å²) >= 11 is 1.97. The molecule has 2 saturated carbocycles. The van der Waals surface area contributed by atoms with Crippen molar-refractivity contribution in [3.05, 3.63) is 30.3 Å². The Morgan fingerprint density at radius 2 is 1.75 bits per heavy atom. The molecule has 0 bridgehead atoms. The van der Waals surface area contributed by atoms with Crippen molar-refractivity contribution in [2.24, 2.45) is 11.8 Å². The van der Waals surface area contributed by atoms with Crippen LogP contribution >= 0.6 is 11.8 Å². The number of nitrogens with one attached hydrogen (secondary N) is 1. The van der Waals surface area contributed by atoms with E-state index in [0.717, 1.165) is 24.4 Å². The van der Waals surface area contributed by atoms with E-state index in [1.807, 2.05) is 11.8 Å². The van der Waals surface area contributed by atoms with E-state index in [0.29, 0.717) is 0 Å². The van der Waals surface area contributed by atoms with E-state index in [4.69, 9.17) is 0 Å². The van der Waals surface area contributed by atoms with E-state index in [1.54, 1.807) is 0 Å². The minimum Gasteiger partial charge on any atom is -0.313 e. The molecule has 1 aromatic carbocycles. The molecule has 0 aromatic heterocycles. The number of hydrogen-bond donors (Lipinski definition) is 1. The molecular formula is C18H27NS. The molecule has 1 nitrogen and oxygen atoms in total. The fraction of sp³-hybridized carbons (Fsp3) is 0.667. The summed E-state index contributed by atoms with van der Waals surface area (Å²) in [5, 5.41) is 3.80. The molecule has 1 N–H and O–H groups in total. The van der Waals surface area contributed by atoms with Crippen molar-refractivity contribution >= 4 is 11.8 Å². The number of fused-ring (bicyclic) bond motifs is 1. The second kappa shape index (κ2) is 7.51. The third-order valence-electron chi connectivity index (χ3n) is 5.09. The van der Waals surface area contributed by atoms with Gasteiger partial charge in [0.25, 0.3) is 0 Å². The SMILES string of the molecule is c1ccc(SCCNC2CCC3CCCCC3C2)cc1. The average Bonchev–Trinajstić information content (AvgIpc) is 2.52. The first-order valence-electron chi connectivity index (χ1n) is 8.33. The Bertz CT molecular complexity index is 392. The summed E-state index contributed by atoms with van der Waals surface area (Å²) in [6.07, 6.45) is 10.3. The van der Waals surface area contributed by atoms with Crippen LogP contribution in [-0.2, 0) is 0 Å². The summed E-state index contributed by atoms with van der Waals surface area (Å²) in [6, 6.07) is 11.5. The van der Waals surface area contributed by atoms with Gasteiger partial charge in [0.05, 0.1) is 0 Å². The van der Waals surface area contributed by atoms with E-state index >= 15 is 0 Å². The van der Waals surface area contributed by atoms with Gasteiger partial charge in [0, 0.05) is 23.2 Å². The van der Waals surface area contributed by atoms with E-state index < -0.39 is 0 Å². The maximum absolute atomic E-state index is 3.80. The number of thioether (sulfide) groups is 1. The molecule has 0 radical (unpaired) electrons. The van der Waals surface area contributed by atoms with Crippen LogP contribution in [0.25, 0.3) is 0 Å². The molecule has 0 aliphatic heterocycles. The zero-order chi connectivity index (χ0) is 13.6. The van der Waals surface area contributed by atoms with Crippen LogP contribution in [-0.4, -0.2) is 18.3 Å². The number of rotatable bonds is 5. The van der Waals surface area contributed by atoms with Crippen molar-refractivity contribution in [2.75, 3.05) is 12.3 Å². The first-order chi connectivity index (χ1) is 9.92. The summed E-state index contributed by atoms with van der Waals surface area (Å²) in [6.45, 7) is 1.15. The fourth-order valence-corrected chi connectivity index (χ4v) is 4.81. The normalized spacial score (nSPS) is 29.9. The van der Waals surface area contributed by atoms with Gasteiger partial charge in [0.2, 0.25) is 0 Å². The zero-order valence-electron chi connectivity index (χ0n) is 12.4. The van der Waals surface area contributed by atoms with E-state index in [1.165, 1.54) is 55.6 Å². The average molecular weight is 289 g/mol. The summed E-state index contributed by atoms with van der Waals surface area (Å²) in [5.74, 6) is 3.30. The number of hydrogen-bond acceptors (Lipinski definition) is 2. The topological polar surface area (TPSA) is 12.0 Å².